The molecule has 5 unspecified atom stereocenters. The Balaban J connectivity index is 1.88. The minimum atomic E-state index is -1.14. The molecular formula is C20H27NO9. The maximum absolute atomic E-state index is 11.9. The van der Waals surface area contributed by atoms with Gasteiger partial charge in [0.2, 0.25) is 12.2 Å². The maximum Gasteiger partial charge on any atom is 0.329 e. The van der Waals surface area contributed by atoms with Crippen LogP contribution in [0.1, 0.15) is 20.8 Å². The summed E-state index contributed by atoms with van der Waals surface area (Å²) in [4.78, 5) is 23.0. The molecule has 0 aromatic heterocycles. The summed E-state index contributed by atoms with van der Waals surface area (Å²) in [6.45, 7) is 4.46. The van der Waals surface area contributed by atoms with Crippen LogP contribution >= 0.6 is 0 Å². The van der Waals surface area contributed by atoms with Crippen LogP contribution in [-0.4, -0.2) is 73.7 Å². The van der Waals surface area contributed by atoms with Gasteiger partial charge in [0.1, 0.15) is 42.5 Å². The summed E-state index contributed by atoms with van der Waals surface area (Å²) in [6, 6.07) is 6.02. The van der Waals surface area contributed by atoms with Gasteiger partial charge in [-0.15, -0.1) is 0 Å². The third kappa shape index (κ3) is 5.39. The highest BCUT2D eigenvalue weighted by Gasteiger charge is 2.53. The fourth-order valence-electron chi connectivity index (χ4n) is 3.47. The van der Waals surface area contributed by atoms with E-state index in [1.54, 1.807) is 45.2 Å². The molecule has 30 heavy (non-hydrogen) atoms. The molecule has 3 rings (SSSR count). The summed E-state index contributed by atoms with van der Waals surface area (Å²) < 4.78 is 34.5. The molecular weight excluding hydrogens is 398 g/mol. The Morgan fingerprint density at radius 3 is 2.50 bits per heavy atom. The standard InChI is InChI=1S/C20H27NO9/c1-11(22)21-16-18(26-10-15(23)24)17-14(9-27-20(2,3)30-17)29-19(16)28-13-7-5-12(25-4)6-8-13/h5-8,14,16-19H,9-10H2,1-4H3,(H,21,22)(H,23,24). The summed E-state index contributed by atoms with van der Waals surface area (Å²) in [5, 5.41) is 11.9. The summed E-state index contributed by atoms with van der Waals surface area (Å²) in [5.41, 5.74) is 0. The molecule has 1 amide bonds. The quantitative estimate of drug-likeness (QED) is 0.657. The Kier molecular flexibility index (Phi) is 6.81. The molecule has 2 N–H and O–H groups in total. The number of fused-ring (bicyclic) bond motifs is 1. The van der Waals surface area contributed by atoms with Crippen LogP contribution in [0.2, 0.25) is 0 Å². The highest BCUT2D eigenvalue weighted by atomic mass is 16.8. The van der Waals surface area contributed by atoms with Gasteiger partial charge in [0, 0.05) is 6.92 Å². The van der Waals surface area contributed by atoms with Gasteiger partial charge >= 0.3 is 5.97 Å². The average molecular weight is 425 g/mol. The number of ether oxygens (including phenoxy) is 6. The first-order chi connectivity index (χ1) is 14.2. The number of methoxy groups -OCH3 is 1. The van der Waals surface area contributed by atoms with Crippen LogP contribution in [0.4, 0.5) is 0 Å². The van der Waals surface area contributed by atoms with Crippen LogP contribution in [0.15, 0.2) is 24.3 Å². The van der Waals surface area contributed by atoms with Gasteiger partial charge in [-0.3, -0.25) is 4.79 Å². The predicted molar refractivity (Wildman–Crippen MR) is 102 cm³/mol. The second kappa shape index (κ2) is 9.17. The molecule has 0 saturated carbocycles. The van der Waals surface area contributed by atoms with Gasteiger partial charge in [-0.25, -0.2) is 4.79 Å². The van der Waals surface area contributed by atoms with Crippen LogP contribution in [0.3, 0.4) is 0 Å². The zero-order valence-corrected chi connectivity index (χ0v) is 17.3. The number of hydrogen-bond donors (Lipinski definition) is 2. The number of carboxylic acid groups (broad SMARTS) is 1. The first kappa shape index (κ1) is 22.3. The number of carbonyl (C=O) groups excluding carboxylic acids is 1. The van der Waals surface area contributed by atoms with Crippen molar-refractivity contribution < 1.29 is 43.1 Å². The van der Waals surface area contributed by atoms with E-state index in [2.05, 4.69) is 5.32 Å². The molecule has 0 aliphatic carbocycles. The molecule has 10 heteroatoms. The Labute approximate surface area is 174 Å². The maximum atomic E-state index is 11.9. The van der Waals surface area contributed by atoms with Gasteiger partial charge in [0.05, 0.1) is 13.7 Å². The summed E-state index contributed by atoms with van der Waals surface area (Å²) in [5.74, 6) is -1.27. The van der Waals surface area contributed by atoms with Crippen molar-refractivity contribution in [3.05, 3.63) is 24.3 Å². The van der Waals surface area contributed by atoms with Gasteiger partial charge in [-0.2, -0.15) is 0 Å². The second-order valence-electron chi connectivity index (χ2n) is 7.53. The number of hydrogen-bond acceptors (Lipinski definition) is 8. The Morgan fingerprint density at radius 2 is 1.90 bits per heavy atom. The van der Waals surface area contributed by atoms with Crippen molar-refractivity contribution >= 4 is 11.9 Å². The number of nitrogens with one attached hydrogen (secondary N) is 1. The van der Waals surface area contributed by atoms with E-state index in [-0.39, 0.29) is 12.5 Å². The number of rotatable bonds is 7. The highest BCUT2D eigenvalue weighted by Crippen LogP contribution is 2.35. The number of amides is 1. The lowest BCUT2D eigenvalue weighted by Crippen LogP contribution is -2.69. The van der Waals surface area contributed by atoms with Crippen molar-refractivity contribution in [2.75, 3.05) is 20.3 Å². The molecule has 10 nitrogen and oxygen atoms in total. The number of carboxylic acids is 1. The first-order valence-corrected chi connectivity index (χ1v) is 9.57. The van der Waals surface area contributed by atoms with Crippen LogP contribution in [0.5, 0.6) is 11.5 Å². The van der Waals surface area contributed by atoms with Gasteiger partial charge in [0.25, 0.3) is 0 Å². The number of carbonyl (C=O) groups is 2. The first-order valence-electron chi connectivity index (χ1n) is 9.57. The van der Waals surface area contributed by atoms with Gasteiger partial charge in [-0.1, -0.05) is 0 Å². The van der Waals surface area contributed by atoms with Gasteiger partial charge < -0.3 is 38.8 Å². The third-order valence-electron chi connectivity index (χ3n) is 4.74. The Morgan fingerprint density at radius 1 is 1.23 bits per heavy atom. The van der Waals surface area contributed by atoms with E-state index in [0.29, 0.717) is 11.5 Å². The van der Waals surface area contributed by atoms with Crippen molar-refractivity contribution in [2.45, 2.75) is 57.2 Å². The second-order valence-corrected chi connectivity index (χ2v) is 7.53. The lowest BCUT2D eigenvalue weighted by atomic mass is 9.95. The third-order valence-corrected chi connectivity index (χ3v) is 4.74. The highest BCUT2D eigenvalue weighted by molar-refractivity contribution is 5.73. The number of benzene rings is 1. The van der Waals surface area contributed by atoms with Crippen molar-refractivity contribution in [3.8, 4) is 11.5 Å². The van der Waals surface area contributed by atoms with Crippen molar-refractivity contribution in [2.24, 2.45) is 0 Å². The average Bonchev–Trinajstić information content (AvgIpc) is 2.67. The zero-order chi connectivity index (χ0) is 21.9. The SMILES string of the molecule is COc1ccc(OC2OC3COC(C)(C)OC3C(OCC(=O)O)C2NC(C)=O)cc1. The predicted octanol–water partition coefficient (Wildman–Crippen LogP) is 0.925. The summed E-state index contributed by atoms with van der Waals surface area (Å²) >= 11 is 0. The monoisotopic (exact) mass is 425 g/mol. The molecule has 0 bridgehead atoms. The van der Waals surface area contributed by atoms with E-state index in [0.717, 1.165) is 0 Å². The molecule has 2 aliphatic rings. The number of aliphatic carboxylic acids is 1. The van der Waals surface area contributed by atoms with E-state index in [9.17, 15) is 9.59 Å². The zero-order valence-electron chi connectivity index (χ0n) is 17.3. The van der Waals surface area contributed by atoms with Crippen molar-refractivity contribution in [3.63, 3.8) is 0 Å². The molecule has 166 valence electrons. The smallest absolute Gasteiger partial charge is 0.329 e. The fraction of sp³-hybridized carbons (Fsp3) is 0.600. The topological polar surface area (TPSA) is 122 Å². The Hall–Kier alpha value is -2.40. The van der Waals surface area contributed by atoms with Gasteiger partial charge in [-0.05, 0) is 38.1 Å². The van der Waals surface area contributed by atoms with Crippen LogP contribution in [0, 0.1) is 0 Å². The largest absolute Gasteiger partial charge is 0.497 e. The lowest BCUT2D eigenvalue weighted by Gasteiger charge is -2.50. The van der Waals surface area contributed by atoms with E-state index < -0.39 is 49.0 Å². The van der Waals surface area contributed by atoms with E-state index in [1.165, 1.54) is 6.92 Å². The minimum absolute atomic E-state index is 0.194. The normalized spacial score (nSPS) is 30.1. The molecule has 0 spiro atoms. The molecule has 2 aliphatic heterocycles. The van der Waals surface area contributed by atoms with Crippen LogP contribution in [-0.2, 0) is 28.5 Å². The summed E-state index contributed by atoms with van der Waals surface area (Å²) in [7, 11) is 1.56. The fourth-order valence-corrected chi connectivity index (χ4v) is 3.47. The van der Waals surface area contributed by atoms with E-state index in [4.69, 9.17) is 33.5 Å². The minimum Gasteiger partial charge on any atom is -0.497 e. The molecule has 2 heterocycles. The van der Waals surface area contributed by atoms with Crippen LogP contribution < -0.4 is 14.8 Å². The summed E-state index contributed by atoms with van der Waals surface area (Å²) in [6.07, 6.45) is -3.04. The molecule has 0 radical (unpaired) electrons. The van der Waals surface area contributed by atoms with Crippen molar-refractivity contribution in [1.29, 1.82) is 0 Å². The van der Waals surface area contributed by atoms with Crippen LogP contribution in [0.25, 0.3) is 0 Å². The van der Waals surface area contributed by atoms with E-state index >= 15 is 0 Å². The molecule has 2 fully saturated rings. The molecule has 2 saturated heterocycles. The van der Waals surface area contributed by atoms with E-state index in [1.807, 2.05) is 0 Å². The lowest BCUT2D eigenvalue weighted by molar-refractivity contribution is -0.364. The molecule has 1 aromatic carbocycles. The van der Waals surface area contributed by atoms with Crippen molar-refractivity contribution in [1.82, 2.24) is 5.32 Å². The Bertz CT molecular complexity index is 751. The van der Waals surface area contributed by atoms with Gasteiger partial charge in [0.15, 0.2) is 5.79 Å². The molecule has 1 aromatic rings. The molecule has 5 atom stereocenters.